The van der Waals surface area contributed by atoms with Crippen molar-refractivity contribution in [2.24, 2.45) is 0 Å². The van der Waals surface area contributed by atoms with Crippen molar-refractivity contribution in [3.05, 3.63) is 94.2 Å². The van der Waals surface area contributed by atoms with Crippen LogP contribution in [-0.2, 0) is 13.3 Å². The van der Waals surface area contributed by atoms with E-state index in [-0.39, 0.29) is 18.2 Å². The molecule has 1 amide bonds. The molecular weight excluding hydrogens is 444 g/mol. The highest BCUT2D eigenvalue weighted by atomic mass is 35.5. The molecule has 0 aliphatic carbocycles. The fraction of sp³-hybridized carbons (Fsp3) is 0.0952. The molecule has 31 heavy (non-hydrogen) atoms. The molecule has 7 nitrogen and oxygen atoms in total. The van der Waals surface area contributed by atoms with Crippen molar-refractivity contribution in [1.29, 1.82) is 0 Å². The fourth-order valence-corrected chi connectivity index (χ4v) is 3.16. The number of benzene rings is 2. The maximum Gasteiger partial charge on any atom is 0.276 e. The lowest BCUT2D eigenvalue weighted by atomic mass is 10.2. The summed E-state index contributed by atoms with van der Waals surface area (Å²) in [5, 5.41) is 11.8. The van der Waals surface area contributed by atoms with Gasteiger partial charge in [-0.2, -0.15) is 10.2 Å². The molecule has 2 aromatic heterocycles. The molecule has 0 atom stereocenters. The number of carbonyl (C=O) groups excluding carboxylic acids is 1. The molecule has 10 heteroatoms. The molecule has 1 N–H and O–H groups in total. The first-order chi connectivity index (χ1) is 15.0. The highest BCUT2D eigenvalue weighted by Gasteiger charge is 2.12. The summed E-state index contributed by atoms with van der Waals surface area (Å²) in [6.07, 6.45) is 4.78. The molecule has 4 aromatic rings. The monoisotopic (exact) mass is 459 g/mol. The molecule has 0 radical (unpaired) electrons. The van der Waals surface area contributed by atoms with Crippen molar-refractivity contribution in [2.45, 2.75) is 13.3 Å². The molecule has 2 heterocycles. The molecule has 4 rings (SSSR count). The van der Waals surface area contributed by atoms with E-state index >= 15 is 0 Å². The molecule has 0 unspecified atom stereocenters. The van der Waals surface area contributed by atoms with Gasteiger partial charge in [0.1, 0.15) is 16.6 Å². The third kappa shape index (κ3) is 5.22. The van der Waals surface area contributed by atoms with E-state index in [2.05, 4.69) is 15.5 Å². The SMILES string of the molecule is O=C(Nc1cnn(Cc2cccc(F)c2)c1)c1ccn(COc2cccc(Cl)c2Cl)n1. The second-order valence-electron chi connectivity index (χ2n) is 6.58. The zero-order chi connectivity index (χ0) is 21.8. The number of nitrogens with zero attached hydrogens (tertiary/aromatic N) is 4. The Bertz CT molecular complexity index is 1220. The molecule has 0 aliphatic rings. The first kappa shape index (κ1) is 20.9. The number of carbonyl (C=O) groups is 1. The van der Waals surface area contributed by atoms with Crippen LogP contribution in [0.5, 0.6) is 5.75 Å². The molecule has 0 saturated heterocycles. The second kappa shape index (κ2) is 9.20. The smallest absolute Gasteiger partial charge is 0.276 e. The maximum atomic E-state index is 13.3. The van der Waals surface area contributed by atoms with E-state index < -0.39 is 5.91 Å². The summed E-state index contributed by atoms with van der Waals surface area (Å²) < 4.78 is 22.0. The van der Waals surface area contributed by atoms with Gasteiger partial charge >= 0.3 is 0 Å². The van der Waals surface area contributed by atoms with E-state index in [1.165, 1.54) is 23.0 Å². The van der Waals surface area contributed by atoms with Gasteiger partial charge in [0.05, 0.1) is 23.5 Å². The topological polar surface area (TPSA) is 74.0 Å². The minimum atomic E-state index is -0.398. The van der Waals surface area contributed by atoms with Gasteiger partial charge in [-0.3, -0.25) is 9.48 Å². The van der Waals surface area contributed by atoms with Gasteiger partial charge in [0, 0.05) is 12.4 Å². The van der Waals surface area contributed by atoms with E-state index in [0.717, 1.165) is 5.56 Å². The van der Waals surface area contributed by atoms with Crippen LogP contribution in [0, 0.1) is 5.82 Å². The van der Waals surface area contributed by atoms with E-state index in [9.17, 15) is 9.18 Å². The number of hydrogen-bond donors (Lipinski definition) is 1. The number of amides is 1. The highest BCUT2D eigenvalue weighted by molar-refractivity contribution is 6.42. The quantitative estimate of drug-likeness (QED) is 0.428. The summed E-state index contributed by atoms with van der Waals surface area (Å²) in [6, 6.07) is 12.9. The Morgan fingerprint density at radius 3 is 2.81 bits per heavy atom. The van der Waals surface area contributed by atoms with Gasteiger partial charge < -0.3 is 10.1 Å². The van der Waals surface area contributed by atoms with Gasteiger partial charge in [0.2, 0.25) is 0 Å². The average Bonchev–Trinajstić information content (AvgIpc) is 3.39. The molecule has 0 saturated carbocycles. The minimum absolute atomic E-state index is 0.0545. The first-order valence-corrected chi connectivity index (χ1v) is 9.92. The summed E-state index contributed by atoms with van der Waals surface area (Å²) >= 11 is 12.1. The van der Waals surface area contributed by atoms with Crippen LogP contribution in [-0.4, -0.2) is 25.5 Å². The van der Waals surface area contributed by atoms with E-state index in [1.54, 1.807) is 53.5 Å². The standard InChI is InChI=1S/C21H16Cl2FN5O2/c22-17-5-2-6-19(20(17)23)31-13-28-8-7-18(27-28)21(30)26-16-10-25-29(12-16)11-14-3-1-4-15(24)9-14/h1-10,12H,11,13H2,(H,26,30). The van der Waals surface area contributed by atoms with Crippen molar-refractivity contribution < 1.29 is 13.9 Å². The molecule has 2 aromatic carbocycles. The van der Waals surface area contributed by atoms with Gasteiger partial charge in [0.15, 0.2) is 12.4 Å². The Morgan fingerprint density at radius 2 is 1.97 bits per heavy atom. The number of hydrogen-bond acceptors (Lipinski definition) is 4. The molecule has 158 valence electrons. The van der Waals surface area contributed by atoms with Crippen molar-refractivity contribution in [2.75, 3.05) is 5.32 Å². The molecule has 0 aliphatic heterocycles. The van der Waals surface area contributed by atoms with Gasteiger partial charge in [0.25, 0.3) is 5.91 Å². The third-order valence-corrected chi connectivity index (χ3v) is 5.07. The number of ether oxygens (including phenoxy) is 1. The first-order valence-electron chi connectivity index (χ1n) is 9.16. The largest absolute Gasteiger partial charge is 0.470 e. The van der Waals surface area contributed by atoms with Crippen LogP contribution in [0.25, 0.3) is 0 Å². The Balaban J connectivity index is 1.35. The molecule has 0 fully saturated rings. The van der Waals surface area contributed by atoms with Crippen LogP contribution in [0.1, 0.15) is 16.1 Å². The zero-order valence-electron chi connectivity index (χ0n) is 16.0. The van der Waals surface area contributed by atoms with E-state index in [0.29, 0.717) is 28.0 Å². The summed E-state index contributed by atoms with van der Waals surface area (Å²) in [5.74, 6) is -0.290. The summed E-state index contributed by atoms with van der Waals surface area (Å²) in [7, 11) is 0. The van der Waals surface area contributed by atoms with E-state index in [1.807, 2.05) is 0 Å². The Morgan fingerprint density at radius 1 is 1.13 bits per heavy atom. The second-order valence-corrected chi connectivity index (χ2v) is 7.36. The van der Waals surface area contributed by atoms with Crippen molar-refractivity contribution in [3.63, 3.8) is 0 Å². The summed E-state index contributed by atoms with van der Waals surface area (Å²) in [6.45, 7) is 0.435. The summed E-state index contributed by atoms with van der Waals surface area (Å²) in [4.78, 5) is 12.5. The van der Waals surface area contributed by atoms with Crippen LogP contribution < -0.4 is 10.1 Å². The molecule has 0 spiro atoms. The average molecular weight is 460 g/mol. The van der Waals surface area contributed by atoms with Crippen LogP contribution in [0.3, 0.4) is 0 Å². The lowest BCUT2D eigenvalue weighted by Crippen LogP contribution is -2.14. The number of anilines is 1. The van der Waals surface area contributed by atoms with Gasteiger partial charge in [-0.05, 0) is 35.9 Å². The summed E-state index contributed by atoms with van der Waals surface area (Å²) in [5.41, 5.74) is 1.47. The van der Waals surface area contributed by atoms with Crippen LogP contribution in [0.2, 0.25) is 10.0 Å². The predicted molar refractivity (Wildman–Crippen MR) is 115 cm³/mol. The van der Waals surface area contributed by atoms with Crippen LogP contribution in [0.15, 0.2) is 67.1 Å². The van der Waals surface area contributed by atoms with Gasteiger partial charge in [-0.15, -0.1) is 0 Å². The number of halogens is 3. The maximum absolute atomic E-state index is 13.3. The Hall–Kier alpha value is -3.36. The Labute approximate surface area is 187 Å². The Kier molecular flexibility index (Phi) is 6.20. The fourth-order valence-electron chi connectivity index (χ4n) is 2.82. The molecular formula is C21H16Cl2FN5O2. The number of rotatable bonds is 7. The van der Waals surface area contributed by atoms with E-state index in [4.69, 9.17) is 27.9 Å². The highest BCUT2D eigenvalue weighted by Crippen LogP contribution is 2.31. The van der Waals surface area contributed by atoms with Crippen molar-refractivity contribution in [1.82, 2.24) is 19.6 Å². The van der Waals surface area contributed by atoms with Crippen LogP contribution >= 0.6 is 23.2 Å². The lowest BCUT2D eigenvalue weighted by Gasteiger charge is -2.08. The number of aromatic nitrogens is 4. The number of nitrogens with one attached hydrogen (secondary N) is 1. The van der Waals surface area contributed by atoms with Crippen molar-refractivity contribution >= 4 is 34.8 Å². The zero-order valence-corrected chi connectivity index (χ0v) is 17.5. The normalized spacial score (nSPS) is 10.8. The van der Waals surface area contributed by atoms with Gasteiger partial charge in [-0.1, -0.05) is 41.4 Å². The van der Waals surface area contributed by atoms with Crippen LogP contribution in [0.4, 0.5) is 10.1 Å². The third-order valence-electron chi connectivity index (χ3n) is 4.27. The lowest BCUT2D eigenvalue weighted by molar-refractivity contribution is 0.102. The molecule has 0 bridgehead atoms. The van der Waals surface area contributed by atoms with Crippen molar-refractivity contribution in [3.8, 4) is 5.75 Å². The minimum Gasteiger partial charge on any atom is -0.470 e. The predicted octanol–water partition coefficient (Wildman–Crippen LogP) is 4.86. The van der Waals surface area contributed by atoms with Gasteiger partial charge in [-0.25, -0.2) is 9.07 Å².